The van der Waals surface area contributed by atoms with Gasteiger partial charge in [-0.05, 0) is 11.6 Å². The van der Waals surface area contributed by atoms with Gasteiger partial charge in [-0.15, -0.1) is 0 Å². The molecule has 0 saturated heterocycles. The molecule has 0 fully saturated rings. The Balaban J connectivity index is 2.82. The molecule has 0 aliphatic rings. The molecule has 0 aliphatic carbocycles. The molecular weight excluding hydrogens is 291 g/mol. The molecule has 1 unspecified atom stereocenters. The molecule has 1 atom stereocenters. The Labute approximate surface area is 114 Å². The van der Waals surface area contributed by atoms with Crippen LogP contribution in [0.15, 0.2) is 18.5 Å². The predicted molar refractivity (Wildman–Crippen MR) is 66.9 cm³/mol. The van der Waals surface area contributed by atoms with Crippen molar-refractivity contribution < 1.29 is 27.5 Å². The van der Waals surface area contributed by atoms with Crippen molar-refractivity contribution in [1.29, 1.82) is 0 Å². The van der Waals surface area contributed by atoms with E-state index in [2.05, 4.69) is 4.98 Å². The molecule has 0 saturated carbocycles. The van der Waals surface area contributed by atoms with Gasteiger partial charge in [-0.25, -0.2) is 17.6 Å². The zero-order valence-electron chi connectivity index (χ0n) is 10.5. The number of carboxylic acids is 1. The minimum Gasteiger partial charge on any atom is -0.480 e. The van der Waals surface area contributed by atoms with E-state index in [1.165, 1.54) is 6.20 Å². The second-order valence-electron chi connectivity index (χ2n) is 4.16. The van der Waals surface area contributed by atoms with E-state index >= 15 is 0 Å². The first kappa shape index (κ1) is 16.0. The second-order valence-corrected chi connectivity index (χ2v) is 6.27. The van der Waals surface area contributed by atoms with E-state index in [1.54, 1.807) is 0 Å². The lowest BCUT2D eigenvalue weighted by molar-refractivity contribution is -0.140. The Kier molecular flexibility index (Phi) is 5.14. The second kappa shape index (κ2) is 6.42. The average molecular weight is 304 g/mol. The van der Waals surface area contributed by atoms with Gasteiger partial charge in [-0.3, -0.25) is 9.78 Å². The van der Waals surface area contributed by atoms with E-state index in [1.807, 2.05) is 5.32 Å². The fourth-order valence-corrected chi connectivity index (χ4v) is 3.04. The zero-order chi connectivity index (χ0) is 15.3. The number of nitrogens with one attached hydrogen (secondary N) is 1. The summed E-state index contributed by atoms with van der Waals surface area (Å²) in [6.45, 7) is 1.08. The highest BCUT2D eigenvalue weighted by Crippen LogP contribution is 2.08. The van der Waals surface area contributed by atoms with Crippen molar-refractivity contribution in [1.82, 2.24) is 10.3 Å². The lowest BCUT2D eigenvalue weighted by atomic mass is 10.3. The molecule has 9 heteroatoms. The first-order valence-electron chi connectivity index (χ1n) is 5.49. The number of rotatable bonds is 6. The number of aliphatic carboxylic acids is 1. The van der Waals surface area contributed by atoms with Crippen molar-refractivity contribution in [2.75, 3.05) is 5.75 Å². The largest absolute Gasteiger partial charge is 0.480 e. The minimum atomic E-state index is -3.84. The molecule has 0 aliphatic heterocycles. The maximum atomic E-state index is 12.9. The SMILES string of the molecule is CC(=O)NC(CS(=O)(=O)Cc1cncc(F)c1)C(=O)O. The fraction of sp³-hybridized carbons (Fsp3) is 0.364. The van der Waals surface area contributed by atoms with Gasteiger partial charge in [-0.1, -0.05) is 0 Å². The molecule has 110 valence electrons. The number of carbonyl (C=O) groups is 2. The van der Waals surface area contributed by atoms with E-state index < -0.39 is 45.1 Å². The van der Waals surface area contributed by atoms with E-state index in [-0.39, 0.29) is 5.56 Å². The molecule has 0 spiro atoms. The van der Waals surface area contributed by atoms with Gasteiger partial charge in [0.1, 0.15) is 11.9 Å². The monoisotopic (exact) mass is 304 g/mol. The molecule has 0 radical (unpaired) electrons. The fourth-order valence-electron chi connectivity index (χ4n) is 1.52. The number of halogens is 1. The Morgan fingerprint density at radius 3 is 2.60 bits per heavy atom. The van der Waals surface area contributed by atoms with Crippen LogP contribution in [0.1, 0.15) is 12.5 Å². The van der Waals surface area contributed by atoms with Crippen LogP contribution in [0, 0.1) is 5.82 Å². The van der Waals surface area contributed by atoms with E-state index in [9.17, 15) is 22.4 Å². The first-order valence-corrected chi connectivity index (χ1v) is 7.31. The number of carbonyl (C=O) groups excluding carboxylic acids is 1. The maximum absolute atomic E-state index is 12.9. The number of hydrogen-bond acceptors (Lipinski definition) is 5. The summed E-state index contributed by atoms with van der Waals surface area (Å²) in [5.41, 5.74) is 0.108. The highest BCUT2D eigenvalue weighted by Gasteiger charge is 2.26. The minimum absolute atomic E-state index is 0.108. The van der Waals surface area contributed by atoms with Crippen molar-refractivity contribution in [3.8, 4) is 0 Å². The molecule has 0 bridgehead atoms. The number of nitrogens with zero attached hydrogens (tertiary/aromatic N) is 1. The summed E-state index contributed by atoms with van der Waals surface area (Å²) in [4.78, 5) is 25.2. The van der Waals surface area contributed by atoms with Crippen LogP contribution >= 0.6 is 0 Å². The Bertz CT molecular complexity index is 617. The van der Waals surface area contributed by atoms with Gasteiger partial charge in [0.2, 0.25) is 5.91 Å². The third-order valence-electron chi connectivity index (χ3n) is 2.24. The third-order valence-corrected chi connectivity index (χ3v) is 3.86. The van der Waals surface area contributed by atoms with Gasteiger partial charge >= 0.3 is 5.97 Å². The van der Waals surface area contributed by atoms with Crippen molar-refractivity contribution in [2.45, 2.75) is 18.7 Å². The third kappa shape index (κ3) is 5.31. The highest BCUT2D eigenvalue weighted by atomic mass is 32.2. The topological polar surface area (TPSA) is 113 Å². The number of hydrogen-bond donors (Lipinski definition) is 2. The standard InChI is InChI=1S/C11H13FN2O5S/c1-7(15)14-10(11(16)17)6-20(18,19)5-8-2-9(12)4-13-3-8/h2-4,10H,5-6H2,1H3,(H,14,15)(H,16,17). The van der Waals surface area contributed by atoms with E-state index in [0.717, 1.165) is 19.2 Å². The Morgan fingerprint density at radius 2 is 2.10 bits per heavy atom. The molecule has 1 heterocycles. The van der Waals surface area contributed by atoms with Crippen LogP contribution in [0.3, 0.4) is 0 Å². The van der Waals surface area contributed by atoms with Gasteiger partial charge in [0.05, 0.1) is 17.7 Å². The summed E-state index contributed by atoms with van der Waals surface area (Å²) in [7, 11) is -3.84. The van der Waals surface area contributed by atoms with Crippen molar-refractivity contribution in [3.05, 3.63) is 29.8 Å². The normalized spacial score (nSPS) is 12.7. The highest BCUT2D eigenvalue weighted by molar-refractivity contribution is 7.90. The Morgan fingerprint density at radius 1 is 1.45 bits per heavy atom. The van der Waals surface area contributed by atoms with Crippen LogP contribution in [0.4, 0.5) is 4.39 Å². The van der Waals surface area contributed by atoms with Gasteiger partial charge < -0.3 is 10.4 Å². The first-order chi connectivity index (χ1) is 9.19. The summed E-state index contributed by atoms with van der Waals surface area (Å²) >= 11 is 0. The summed E-state index contributed by atoms with van der Waals surface area (Å²) in [5, 5.41) is 10.9. The smallest absolute Gasteiger partial charge is 0.327 e. The van der Waals surface area contributed by atoms with Crippen molar-refractivity contribution in [3.63, 3.8) is 0 Å². The summed E-state index contributed by atoms with van der Waals surface area (Å²) < 4.78 is 36.6. The number of amides is 1. The lowest BCUT2D eigenvalue weighted by Gasteiger charge is -2.13. The Hall–Kier alpha value is -2.03. The molecule has 0 aromatic carbocycles. The quantitative estimate of drug-likeness (QED) is 0.747. The number of pyridine rings is 1. The van der Waals surface area contributed by atoms with Gasteiger partial charge in [0.25, 0.3) is 0 Å². The predicted octanol–water partition coefficient (Wildman–Crippen LogP) is -0.275. The molecule has 1 rings (SSSR count). The maximum Gasteiger partial charge on any atom is 0.327 e. The number of sulfone groups is 1. The molecule has 2 N–H and O–H groups in total. The zero-order valence-corrected chi connectivity index (χ0v) is 11.4. The summed E-state index contributed by atoms with van der Waals surface area (Å²) in [5.74, 6) is -4.13. The van der Waals surface area contributed by atoms with Crippen LogP contribution in [0.25, 0.3) is 0 Å². The van der Waals surface area contributed by atoms with Crippen LogP contribution < -0.4 is 5.32 Å². The molecule has 1 aromatic rings. The van der Waals surface area contributed by atoms with Gasteiger partial charge in [0, 0.05) is 13.1 Å². The van der Waals surface area contributed by atoms with Gasteiger partial charge in [-0.2, -0.15) is 0 Å². The van der Waals surface area contributed by atoms with Crippen LogP contribution in [-0.4, -0.2) is 42.2 Å². The van der Waals surface area contributed by atoms with Crippen LogP contribution in [-0.2, 0) is 25.2 Å². The molecule has 7 nitrogen and oxygen atoms in total. The molecule has 1 amide bonds. The molecule has 1 aromatic heterocycles. The lowest BCUT2D eigenvalue weighted by Crippen LogP contribution is -2.44. The average Bonchev–Trinajstić information content (AvgIpc) is 2.26. The molecule has 20 heavy (non-hydrogen) atoms. The van der Waals surface area contributed by atoms with Crippen LogP contribution in [0.2, 0.25) is 0 Å². The summed E-state index contributed by atoms with van der Waals surface area (Å²) in [6, 6.07) is -0.544. The number of carboxylic acid groups (broad SMARTS) is 1. The van der Waals surface area contributed by atoms with Crippen molar-refractivity contribution >= 4 is 21.7 Å². The summed E-state index contributed by atoms with van der Waals surface area (Å²) in [6.07, 6.45) is 2.10. The van der Waals surface area contributed by atoms with E-state index in [0.29, 0.717) is 0 Å². The molecular formula is C11H13FN2O5S. The van der Waals surface area contributed by atoms with E-state index in [4.69, 9.17) is 5.11 Å². The number of aromatic nitrogens is 1. The van der Waals surface area contributed by atoms with Crippen molar-refractivity contribution in [2.24, 2.45) is 0 Å². The van der Waals surface area contributed by atoms with Gasteiger partial charge in [0.15, 0.2) is 9.84 Å². The van der Waals surface area contributed by atoms with Crippen LogP contribution in [0.5, 0.6) is 0 Å².